The molecule has 0 radical (unpaired) electrons. The van der Waals surface area contributed by atoms with E-state index < -0.39 is 30.1 Å². The van der Waals surface area contributed by atoms with E-state index in [1.54, 1.807) is 0 Å². The number of rotatable bonds is 7. The highest BCUT2D eigenvalue weighted by atomic mass is 19.4. The first-order chi connectivity index (χ1) is 16.3. The molecule has 2 heterocycles. The van der Waals surface area contributed by atoms with Crippen LogP contribution in [0.1, 0.15) is 17.7 Å². The van der Waals surface area contributed by atoms with Gasteiger partial charge >= 0.3 is 6.36 Å². The van der Waals surface area contributed by atoms with Gasteiger partial charge < -0.3 is 24.1 Å². The highest BCUT2D eigenvalue weighted by molar-refractivity contribution is 5.91. The Balaban J connectivity index is 1.31. The number of halogens is 3. The fraction of sp³-hybridized carbons (Fsp3) is 0.250. The Labute approximate surface area is 192 Å². The van der Waals surface area contributed by atoms with Gasteiger partial charge in [-0.15, -0.1) is 13.2 Å². The molecule has 0 unspecified atom stereocenters. The van der Waals surface area contributed by atoms with Crippen LogP contribution in [0.15, 0.2) is 70.1 Å². The van der Waals surface area contributed by atoms with Crippen LogP contribution >= 0.6 is 0 Å². The maximum atomic E-state index is 12.4. The number of carbonyl (C=O) groups is 1. The maximum absolute atomic E-state index is 12.4. The second-order valence-corrected chi connectivity index (χ2v) is 7.64. The van der Waals surface area contributed by atoms with Gasteiger partial charge in [0.25, 0.3) is 5.91 Å². The van der Waals surface area contributed by atoms with Crippen molar-refractivity contribution < 1.29 is 31.9 Å². The molecule has 0 atom stereocenters. The number of anilines is 2. The predicted molar refractivity (Wildman–Crippen MR) is 118 cm³/mol. The molecule has 1 amide bonds. The highest BCUT2D eigenvalue weighted by Gasteiger charge is 2.31. The van der Waals surface area contributed by atoms with Crippen molar-refractivity contribution in [3.05, 3.63) is 82.4 Å². The minimum Gasteiger partial charge on any atom is -0.477 e. The minimum absolute atomic E-state index is 0.119. The monoisotopic (exact) mass is 474 g/mol. The summed E-state index contributed by atoms with van der Waals surface area (Å²) in [5, 5.41) is 2.46. The molecule has 10 heteroatoms. The fourth-order valence-electron chi connectivity index (χ4n) is 3.67. The summed E-state index contributed by atoms with van der Waals surface area (Å²) in [4.78, 5) is 26.6. The summed E-state index contributed by atoms with van der Waals surface area (Å²) in [6.07, 6.45) is -1.61. The first kappa shape index (κ1) is 23.2. The first-order valence-corrected chi connectivity index (χ1v) is 10.5. The Morgan fingerprint density at radius 3 is 2.62 bits per heavy atom. The van der Waals surface area contributed by atoms with Gasteiger partial charge in [-0.3, -0.25) is 9.59 Å². The largest absolute Gasteiger partial charge is 0.573 e. The number of nitrogens with zero attached hydrogens (tertiary/aromatic N) is 1. The average molecular weight is 474 g/mol. The molecule has 1 N–H and O–H groups in total. The van der Waals surface area contributed by atoms with Gasteiger partial charge in [-0.05, 0) is 48.7 Å². The molecule has 178 valence electrons. The number of alkyl halides is 3. The van der Waals surface area contributed by atoms with E-state index >= 15 is 0 Å². The van der Waals surface area contributed by atoms with Gasteiger partial charge in [-0.1, -0.05) is 18.2 Å². The standard InChI is InChI=1S/C24H21F3N2O5/c25-24(26,27)34-18-9-7-17(8-10-18)28-23(31)15-33-22-14-32-19(12-21(22)30)13-29-11-3-5-16-4-1-2-6-20(16)29/h1-2,4,6-10,12,14H,3,5,11,13,15H2,(H,28,31). The zero-order valence-electron chi connectivity index (χ0n) is 17.9. The van der Waals surface area contributed by atoms with E-state index in [0.717, 1.165) is 37.2 Å². The van der Waals surface area contributed by atoms with E-state index in [2.05, 4.69) is 21.0 Å². The molecule has 2 aromatic carbocycles. The van der Waals surface area contributed by atoms with Crippen LogP contribution in [0.5, 0.6) is 11.5 Å². The third kappa shape index (κ3) is 6.09. The molecular weight excluding hydrogens is 453 g/mol. The molecule has 0 saturated carbocycles. The number of ether oxygens (including phenoxy) is 2. The first-order valence-electron chi connectivity index (χ1n) is 10.5. The summed E-state index contributed by atoms with van der Waals surface area (Å²) in [5.41, 5.74) is 2.19. The van der Waals surface area contributed by atoms with E-state index in [1.807, 2.05) is 18.2 Å². The number of fused-ring (bicyclic) bond motifs is 1. The topological polar surface area (TPSA) is 81.0 Å². The molecule has 0 bridgehead atoms. The fourth-order valence-corrected chi connectivity index (χ4v) is 3.67. The summed E-state index contributed by atoms with van der Waals surface area (Å²) in [6, 6.07) is 14.1. The second-order valence-electron chi connectivity index (χ2n) is 7.64. The van der Waals surface area contributed by atoms with Crippen LogP contribution in [0.3, 0.4) is 0 Å². The lowest BCUT2D eigenvalue weighted by atomic mass is 10.0. The van der Waals surface area contributed by atoms with Crippen molar-refractivity contribution in [3.8, 4) is 11.5 Å². The number of amides is 1. The summed E-state index contributed by atoms with van der Waals surface area (Å²) >= 11 is 0. The third-order valence-corrected chi connectivity index (χ3v) is 5.14. The van der Waals surface area contributed by atoms with Crippen LogP contribution in [-0.4, -0.2) is 25.4 Å². The molecule has 1 aliphatic rings. The number of para-hydroxylation sites is 1. The van der Waals surface area contributed by atoms with E-state index in [-0.39, 0.29) is 11.4 Å². The summed E-state index contributed by atoms with van der Waals surface area (Å²) in [6.45, 7) is 0.800. The van der Waals surface area contributed by atoms with E-state index in [4.69, 9.17) is 9.15 Å². The van der Waals surface area contributed by atoms with Crippen LogP contribution in [0.2, 0.25) is 0 Å². The smallest absolute Gasteiger partial charge is 0.477 e. The van der Waals surface area contributed by atoms with Gasteiger partial charge in [0.1, 0.15) is 17.8 Å². The molecule has 1 aliphatic heterocycles. The third-order valence-electron chi connectivity index (χ3n) is 5.14. The Morgan fingerprint density at radius 1 is 1.12 bits per heavy atom. The van der Waals surface area contributed by atoms with Crippen LogP contribution in [0.4, 0.5) is 24.5 Å². The van der Waals surface area contributed by atoms with Crippen molar-refractivity contribution in [2.75, 3.05) is 23.4 Å². The number of nitrogens with one attached hydrogen (secondary N) is 1. The second kappa shape index (κ2) is 9.90. The molecule has 34 heavy (non-hydrogen) atoms. The number of hydrogen-bond donors (Lipinski definition) is 1. The van der Waals surface area contributed by atoms with Gasteiger partial charge in [0, 0.05) is 24.0 Å². The molecule has 4 rings (SSSR count). The number of hydrogen-bond acceptors (Lipinski definition) is 6. The maximum Gasteiger partial charge on any atom is 0.573 e. The summed E-state index contributed by atoms with van der Waals surface area (Å²) in [7, 11) is 0. The van der Waals surface area contributed by atoms with Crippen molar-refractivity contribution in [1.29, 1.82) is 0 Å². The van der Waals surface area contributed by atoms with Crippen molar-refractivity contribution in [3.63, 3.8) is 0 Å². The number of carbonyl (C=O) groups excluding carboxylic acids is 1. The SMILES string of the molecule is O=C(COc1coc(CN2CCCc3ccccc32)cc1=O)Nc1ccc(OC(F)(F)F)cc1. The number of benzene rings is 2. The summed E-state index contributed by atoms with van der Waals surface area (Å²) < 4.78 is 51.2. The van der Waals surface area contributed by atoms with Gasteiger partial charge in [0.2, 0.25) is 11.2 Å². The van der Waals surface area contributed by atoms with Gasteiger partial charge in [0.05, 0.1) is 6.54 Å². The molecule has 7 nitrogen and oxygen atoms in total. The molecule has 0 aliphatic carbocycles. The van der Waals surface area contributed by atoms with E-state index in [9.17, 15) is 22.8 Å². The quantitative estimate of drug-likeness (QED) is 0.543. The lowest BCUT2D eigenvalue weighted by Gasteiger charge is -2.30. The Morgan fingerprint density at radius 2 is 1.88 bits per heavy atom. The Bertz CT molecular complexity index is 1210. The van der Waals surface area contributed by atoms with Crippen molar-refractivity contribution in [2.45, 2.75) is 25.7 Å². The van der Waals surface area contributed by atoms with Crippen LogP contribution in [-0.2, 0) is 17.8 Å². The molecule has 3 aromatic rings. The highest BCUT2D eigenvalue weighted by Crippen LogP contribution is 2.28. The zero-order chi connectivity index (χ0) is 24.1. The molecule has 0 fully saturated rings. The lowest BCUT2D eigenvalue weighted by molar-refractivity contribution is -0.274. The molecule has 0 spiro atoms. The molecule has 0 saturated heterocycles. The Kier molecular flexibility index (Phi) is 6.76. The van der Waals surface area contributed by atoms with Crippen molar-refractivity contribution >= 4 is 17.3 Å². The van der Waals surface area contributed by atoms with Gasteiger partial charge in [-0.25, -0.2) is 0 Å². The van der Waals surface area contributed by atoms with E-state index in [0.29, 0.717) is 12.3 Å². The van der Waals surface area contributed by atoms with Crippen molar-refractivity contribution in [2.24, 2.45) is 0 Å². The molecule has 1 aromatic heterocycles. The average Bonchev–Trinajstić information content (AvgIpc) is 2.79. The van der Waals surface area contributed by atoms with Gasteiger partial charge in [0.15, 0.2) is 6.61 Å². The van der Waals surface area contributed by atoms with E-state index in [1.165, 1.54) is 30.0 Å². The van der Waals surface area contributed by atoms with Crippen LogP contribution in [0.25, 0.3) is 0 Å². The normalized spacial score (nSPS) is 13.2. The Hall–Kier alpha value is -3.95. The zero-order valence-corrected chi connectivity index (χ0v) is 17.9. The predicted octanol–water partition coefficient (Wildman–Crippen LogP) is 4.51. The number of aryl methyl sites for hydroxylation is 1. The lowest BCUT2D eigenvalue weighted by Crippen LogP contribution is -2.29. The van der Waals surface area contributed by atoms with Crippen LogP contribution < -0.4 is 25.1 Å². The molecular formula is C24H21F3N2O5. The summed E-state index contributed by atoms with van der Waals surface area (Å²) in [5.74, 6) is -0.656. The van der Waals surface area contributed by atoms with Gasteiger partial charge in [-0.2, -0.15) is 0 Å². The van der Waals surface area contributed by atoms with Crippen LogP contribution in [0, 0.1) is 0 Å². The van der Waals surface area contributed by atoms with Crippen molar-refractivity contribution in [1.82, 2.24) is 0 Å². The minimum atomic E-state index is -4.80.